The van der Waals surface area contributed by atoms with Crippen molar-refractivity contribution in [1.29, 1.82) is 0 Å². The van der Waals surface area contributed by atoms with Gasteiger partial charge in [0, 0.05) is 25.3 Å². The number of rotatable bonds is 9. The maximum atomic E-state index is 12.6. The SMILES string of the molecule is O=C(COC(=O)c1ccc(OCC2CCCO2)cc1)c1ccc(S(=O)(=O)N2CCCC2)cc1. The molecule has 2 heterocycles. The summed E-state index contributed by atoms with van der Waals surface area (Å²) in [6.07, 6.45) is 3.84. The Morgan fingerprint density at radius 3 is 2.24 bits per heavy atom. The number of esters is 1. The summed E-state index contributed by atoms with van der Waals surface area (Å²) >= 11 is 0. The van der Waals surface area contributed by atoms with Gasteiger partial charge in [-0.05, 0) is 74.2 Å². The van der Waals surface area contributed by atoms with Crippen molar-refractivity contribution in [3.63, 3.8) is 0 Å². The first-order valence-corrected chi connectivity index (χ1v) is 12.5. The zero-order chi connectivity index (χ0) is 23.3. The summed E-state index contributed by atoms with van der Waals surface area (Å²) < 4.78 is 42.9. The maximum absolute atomic E-state index is 12.6. The third-order valence-electron chi connectivity index (χ3n) is 5.76. The van der Waals surface area contributed by atoms with Crippen molar-refractivity contribution in [2.45, 2.75) is 36.7 Å². The van der Waals surface area contributed by atoms with E-state index in [-0.39, 0.29) is 16.6 Å². The quantitative estimate of drug-likeness (QED) is 0.408. The van der Waals surface area contributed by atoms with Gasteiger partial charge in [-0.3, -0.25) is 4.79 Å². The molecule has 8 nitrogen and oxygen atoms in total. The van der Waals surface area contributed by atoms with Crippen molar-refractivity contribution in [2.24, 2.45) is 0 Å². The predicted octanol–water partition coefficient (Wildman–Crippen LogP) is 3.07. The van der Waals surface area contributed by atoms with E-state index >= 15 is 0 Å². The fourth-order valence-corrected chi connectivity index (χ4v) is 5.36. The summed E-state index contributed by atoms with van der Waals surface area (Å²) in [5.41, 5.74) is 0.584. The van der Waals surface area contributed by atoms with Crippen LogP contribution in [0.3, 0.4) is 0 Å². The minimum Gasteiger partial charge on any atom is -0.491 e. The number of ketones is 1. The van der Waals surface area contributed by atoms with E-state index in [0.717, 1.165) is 32.3 Å². The average Bonchev–Trinajstić information content (AvgIpc) is 3.56. The van der Waals surface area contributed by atoms with E-state index in [2.05, 4.69) is 0 Å². The highest BCUT2D eigenvalue weighted by atomic mass is 32.2. The molecular weight excluding hydrogens is 446 g/mol. The fourth-order valence-electron chi connectivity index (χ4n) is 3.84. The number of carbonyl (C=O) groups is 2. The van der Waals surface area contributed by atoms with Gasteiger partial charge < -0.3 is 14.2 Å². The van der Waals surface area contributed by atoms with Crippen LogP contribution in [-0.2, 0) is 19.5 Å². The lowest BCUT2D eigenvalue weighted by Crippen LogP contribution is -2.27. The predicted molar refractivity (Wildman–Crippen MR) is 120 cm³/mol. The molecule has 0 aromatic heterocycles. The summed E-state index contributed by atoms with van der Waals surface area (Å²) in [6.45, 7) is 1.83. The standard InChI is InChI=1S/C24H27NO7S/c26-23(18-7-11-22(12-8-18)33(28,29)25-13-1-2-14-25)17-32-24(27)19-5-9-20(10-6-19)31-16-21-4-3-15-30-21/h5-12,21H,1-4,13-17H2. The largest absolute Gasteiger partial charge is 0.491 e. The second-order valence-corrected chi connectivity index (χ2v) is 10.0. The number of hydrogen-bond donors (Lipinski definition) is 0. The van der Waals surface area contributed by atoms with Crippen molar-refractivity contribution in [3.05, 3.63) is 59.7 Å². The van der Waals surface area contributed by atoms with Gasteiger partial charge >= 0.3 is 5.97 Å². The Labute approximate surface area is 193 Å². The molecule has 1 atom stereocenters. The third kappa shape index (κ3) is 5.79. The zero-order valence-corrected chi connectivity index (χ0v) is 19.1. The van der Waals surface area contributed by atoms with Crippen LogP contribution >= 0.6 is 0 Å². The first-order valence-electron chi connectivity index (χ1n) is 11.1. The van der Waals surface area contributed by atoms with Gasteiger partial charge in [-0.2, -0.15) is 4.31 Å². The fraction of sp³-hybridized carbons (Fsp3) is 0.417. The molecule has 176 valence electrons. The Morgan fingerprint density at radius 2 is 1.61 bits per heavy atom. The molecule has 0 saturated carbocycles. The van der Waals surface area contributed by atoms with E-state index in [1.807, 2.05) is 0 Å². The molecule has 2 saturated heterocycles. The number of hydrogen-bond acceptors (Lipinski definition) is 7. The molecule has 0 radical (unpaired) electrons. The van der Waals surface area contributed by atoms with E-state index < -0.39 is 28.4 Å². The molecular formula is C24H27NO7S. The molecule has 33 heavy (non-hydrogen) atoms. The van der Waals surface area contributed by atoms with E-state index in [9.17, 15) is 18.0 Å². The number of ether oxygens (including phenoxy) is 3. The summed E-state index contributed by atoms with van der Waals surface area (Å²) in [5.74, 6) is -0.408. The minimum absolute atomic E-state index is 0.107. The lowest BCUT2D eigenvalue weighted by molar-refractivity contribution is 0.0474. The number of sulfonamides is 1. The first kappa shape index (κ1) is 23.4. The lowest BCUT2D eigenvalue weighted by atomic mass is 10.1. The Balaban J connectivity index is 1.27. The number of Topliss-reactive ketones (excluding diaryl/α,β-unsaturated/α-hetero) is 1. The van der Waals surface area contributed by atoms with Crippen molar-refractivity contribution in [1.82, 2.24) is 4.31 Å². The van der Waals surface area contributed by atoms with Crippen LogP contribution in [0.5, 0.6) is 5.75 Å². The smallest absolute Gasteiger partial charge is 0.338 e. The van der Waals surface area contributed by atoms with E-state index in [1.54, 1.807) is 24.3 Å². The highest BCUT2D eigenvalue weighted by molar-refractivity contribution is 7.89. The molecule has 0 N–H and O–H groups in total. The monoisotopic (exact) mass is 473 g/mol. The lowest BCUT2D eigenvalue weighted by Gasteiger charge is -2.15. The van der Waals surface area contributed by atoms with Gasteiger partial charge in [-0.15, -0.1) is 0 Å². The van der Waals surface area contributed by atoms with Crippen molar-refractivity contribution >= 4 is 21.8 Å². The maximum Gasteiger partial charge on any atom is 0.338 e. The molecule has 0 bridgehead atoms. The molecule has 4 rings (SSSR count). The van der Waals surface area contributed by atoms with E-state index in [1.165, 1.54) is 28.6 Å². The molecule has 0 spiro atoms. The second kappa shape index (κ2) is 10.5. The van der Waals surface area contributed by atoms with Crippen LogP contribution in [0.1, 0.15) is 46.4 Å². The Bertz CT molecular complexity index is 1070. The summed E-state index contributed by atoms with van der Waals surface area (Å²) in [5, 5.41) is 0. The van der Waals surface area contributed by atoms with Crippen molar-refractivity contribution < 1.29 is 32.2 Å². The molecule has 2 fully saturated rings. The summed E-state index contributed by atoms with van der Waals surface area (Å²) in [4.78, 5) is 24.8. The minimum atomic E-state index is -3.54. The molecule has 0 amide bonds. The number of carbonyl (C=O) groups excluding carboxylic acids is 2. The molecule has 0 aliphatic carbocycles. The van der Waals surface area contributed by atoms with Crippen LogP contribution < -0.4 is 4.74 Å². The van der Waals surface area contributed by atoms with Crippen LogP contribution in [0, 0.1) is 0 Å². The molecule has 2 aromatic carbocycles. The molecule has 2 aliphatic heterocycles. The zero-order valence-electron chi connectivity index (χ0n) is 18.3. The number of nitrogens with zero attached hydrogens (tertiary/aromatic N) is 1. The molecule has 9 heteroatoms. The first-order chi connectivity index (χ1) is 15.9. The highest BCUT2D eigenvalue weighted by Gasteiger charge is 2.27. The van der Waals surface area contributed by atoms with Gasteiger partial charge in [-0.25, -0.2) is 13.2 Å². The second-order valence-electron chi connectivity index (χ2n) is 8.11. The Morgan fingerprint density at radius 1 is 0.939 bits per heavy atom. The topological polar surface area (TPSA) is 99.2 Å². The van der Waals surface area contributed by atoms with Crippen LogP contribution in [0.25, 0.3) is 0 Å². The Kier molecular flexibility index (Phi) is 7.42. The summed E-state index contributed by atoms with van der Waals surface area (Å²) in [7, 11) is -3.54. The van der Waals surface area contributed by atoms with E-state index in [4.69, 9.17) is 14.2 Å². The highest BCUT2D eigenvalue weighted by Crippen LogP contribution is 2.21. The van der Waals surface area contributed by atoms with Gasteiger partial charge in [0.1, 0.15) is 12.4 Å². The van der Waals surface area contributed by atoms with Crippen LogP contribution in [0.4, 0.5) is 0 Å². The normalized spacial score (nSPS) is 18.8. The van der Waals surface area contributed by atoms with Gasteiger partial charge in [0.2, 0.25) is 10.0 Å². The van der Waals surface area contributed by atoms with Crippen molar-refractivity contribution in [2.75, 3.05) is 32.9 Å². The summed E-state index contributed by atoms with van der Waals surface area (Å²) in [6, 6.07) is 12.2. The van der Waals surface area contributed by atoms with Crippen LogP contribution in [-0.4, -0.2) is 63.5 Å². The van der Waals surface area contributed by atoms with Gasteiger partial charge in [0.15, 0.2) is 12.4 Å². The molecule has 1 unspecified atom stereocenters. The van der Waals surface area contributed by atoms with Gasteiger partial charge in [-0.1, -0.05) is 0 Å². The molecule has 2 aliphatic rings. The average molecular weight is 474 g/mol. The molecule has 2 aromatic rings. The Hall–Kier alpha value is -2.75. The van der Waals surface area contributed by atoms with Crippen molar-refractivity contribution in [3.8, 4) is 5.75 Å². The third-order valence-corrected chi connectivity index (χ3v) is 7.68. The van der Waals surface area contributed by atoms with Crippen LogP contribution in [0.2, 0.25) is 0 Å². The van der Waals surface area contributed by atoms with Gasteiger partial charge in [0.25, 0.3) is 0 Å². The van der Waals surface area contributed by atoms with E-state index in [0.29, 0.717) is 31.0 Å². The van der Waals surface area contributed by atoms with Crippen LogP contribution in [0.15, 0.2) is 53.4 Å². The number of benzene rings is 2. The van der Waals surface area contributed by atoms with Gasteiger partial charge in [0.05, 0.1) is 16.6 Å².